The Morgan fingerprint density at radius 3 is 2.65 bits per heavy atom. The van der Waals surface area contributed by atoms with E-state index < -0.39 is 11.6 Å². The highest BCUT2D eigenvalue weighted by Gasteiger charge is 2.20. The maximum Gasteiger partial charge on any atom is 0.128 e. The van der Waals surface area contributed by atoms with Crippen molar-refractivity contribution in [2.45, 2.75) is 39.9 Å². The van der Waals surface area contributed by atoms with Crippen molar-refractivity contribution in [1.82, 2.24) is 14.7 Å². The minimum Gasteiger partial charge on any atom is -0.394 e. The van der Waals surface area contributed by atoms with Gasteiger partial charge in [-0.3, -0.25) is 9.58 Å². The van der Waals surface area contributed by atoms with Crippen molar-refractivity contribution in [3.63, 3.8) is 0 Å². The number of aliphatic hydroxyl groups is 1. The summed E-state index contributed by atoms with van der Waals surface area (Å²) < 4.78 is 29.1. The van der Waals surface area contributed by atoms with E-state index in [9.17, 15) is 8.78 Å². The zero-order chi connectivity index (χ0) is 17.1. The molecule has 0 saturated carbocycles. The molecule has 0 aliphatic rings. The molecule has 2 rings (SSSR count). The zero-order valence-electron chi connectivity index (χ0n) is 14.0. The fourth-order valence-corrected chi connectivity index (χ4v) is 2.73. The minimum atomic E-state index is -0.440. The lowest BCUT2D eigenvalue weighted by Gasteiger charge is -2.25. The molecule has 1 aromatic heterocycles. The van der Waals surface area contributed by atoms with Crippen LogP contribution >= 0.6 is 0 Å². The van der Waals surface area contributed by atoms with Crippen LogP contribution in [0, 0.1) is 25.5 Å². The number of aliphatic hydroxyl groups excluding tert-OH is 1. The molecule has 0 aliphatic carbocycles. The van der Waals surface area contributed by atoms with Crippen molar-refractivity contribution in [3.8, 4) is 0 Å². The zero-order valence-corrected chi connectivity index (χ0v) is 14.0. The van der Waals surface area contributed by atoms with Crippen LogP contribution in [-0.2, 0) is 13.1 Å². The third-order valence-corrected chi connectivity index (χ3v) is 4.32. The first-order valence-electron chi connectivity index (χ1n) is 7.64. The van der Waals surface area contributed by atoms with E-state index in [0.717, 1.165) is 29.1 Å². The Labute approximate surface area is 135 Å². The number of aryl methyl sites for hydroxylation is 1. The molecule has 6 heteroatoms. The number of hydrogen-bond acceptors (Lipinski definition) is 3. The van der Waals surface area contributed by atoms with Gasteiger partial charge in [0.2, 0.25) is 0 Å². The molecule has 0 radical (unpaired) electrons. The van der Waals surface area contributed by atoms with Gasteiger partial charge in [0.1, 0.15) is 11.6 Å². The molecule has 1 aromatic carbocycles. The summed E-state index contributed by atoms with van der Waals surface area (Å²) in [5.41, 5.74) is 3.25. The molecular weight excluding hydrogens is 300 g/mol. The van der Waals surface area contributed by atoms with E-state index in [1.54, 1.807) is 4.68 Å². The van der Waals surface area contributed by atoms with Crippen LogP contribution in [0.2, 0.25) is 0 Å². The first-order chi connectivity index (χ1) is 10.8. The van der Waals surface area contributed by atoms with E-state index in [0.29, 0.717) is 18.7 Å². The second kappa shape index (κ2) is 7.19. The SMILES string of the molecule is Cc1nn(CCO)c(C)c1CN(C)C(C)c1cc(F)ccc1F. The van der Waals surface area contributed by atoms with Gasteiger partial charge in [-0.15, -0.1) is 0 Å². The topological polar surface area (TPSA) is 41.3 Å². The van der Waals surface area contributed by atoms with Crippen molar-refractivity contribution in [2.75, 3.05) is 13.7 Å². The summed E-state index contributed by atoms with van der Waals surface area (Å²) in [6.45, 7) is 6.76. The lowest BCUT2D eigenvalue weighted by atomic mass is 10.1. The Morgan fingerprint density at radius 1 is 1.30 bits per heavy atom. The van der Waals surface area contributed by atoms with Crippen molar-refractivity contribution < 1.29 is 13.9 Å². The van der Waals surface area contributed by atoms with Crippen LogP contribution < -0.4 is 0 Å². The van der Waals surface area contributed by atoms with Crippen LogP contribution in [0.15, 0.2) is 18.2 Å². The summed E-state index contributed by atoms with van der Waals surface area (Å²) in [4.78, 5) is 1.96. The van der Waals surface area contributed by atoms with Gasteiger partial charge in [0.15, 0.2) is 0 Å². The highest BCUT2D eigenvalue weighted by molar-refractivity contribution is 5.26. The van der Waals surface area contributed by atoms with Crippen molar-refractivity contribution in [3.05, 3.63) is 52.3 Å². The van der Waals surface area contributed by atoms with Crippen LogP contribution in [0.1, 0.15) is 35.5 Å². The molecule has 0 fully saturated rings. The first-order valence-corrected chi connectivity index (χ1v) is 7.64. The summed E-state index contributed by atoms with van der Waals surface area (Å²) in [5.74, 6) is -0.847. The molecule has 2 aromatic rings. The fraction of sp³-hybridized carbons (Fsp3) is 0.471. The lowest BCUT2D eigenvalue weighted by Crippen LogP contribution is -2.23. The molecule has 0 amide bonds. The molecule has 1 N–H and O–H groups in total. The van der Waals surface area contributed by atoms with Gasteiger partial charge in [-0.25, -0.2) is 8.78 Å². The lowest BCUT2D eigenvalue weighted by molar-refractivity contribution is 0.245. The largest absolute Gasteiger partial charge is 0.394 e. The van der Waals surface area contributed by atoms with E-state index in [1.165, 1.54) is 6.07 Å². The van der Waals surface area contributed by atoms with Crippen molar-refractivity contribution in [2.24, 2.45) is 0 Å². The predicted molar refractivity (Wildman–Crippen MR) is 85.0 cm³/mol. The molecule has 1 heterocycles. The van der Waals surface area contributed by atoms with Gasteiger partial charge in [0.05, 0.1) is 18.8 Å². The van der Waals surface area contributed by atoms with Crippen LogP contribution in [0.25, 0.3) is 0 Å². The van der Waals surface area contributed by atoms with Crippen molar-refractivity contribution >= 4 is 0 Å². The van der Waals surface area contributed by atoms with Crippen LogP contribution in [0.5, 0.6) is 0 Å². The number of benzene rings is 1. The highest BCUT2D eigenvalue weighted by atomic mass is 19.1. The van der Waals surface area contributed by atoms with Gasteiger partial charge in [-0.2, -0.15) is 5.10 Å². The maximum absolute atomic E-state index is 13.9. The summed E-state index contributed by atoms with van der Waals surface area (Å²) in [5, 5.41) is 13.5. The summed E-state index contributed by atoms with van der Waals surface area (Å²) in [6.07, 6.45) is 0. The number of rotatable bonds is 6. The molecule has 126 valence electrons. The summed E-state index contributed by atoms with van der Waals surface area (Å²) in [7, 11) is 1.87. The summed E-state index contributed by atoms with van der Waals surface area (Å²) in [6, 6.07) is 3.25. The molecule has 4 nitrogen and oxygen atoms in total. The number of halogens is 2. The van der Waals surface area contributed by atoms with Gasteiger partial charge < -0.3 is 5.11 Å². The Kier molecular flexibility index (Phi) is 5.49. The van der Waals surface area contributed by atoms with E-state index in [4.69, 9.17) is 5.11 Å². The molecule has 0 bridgehead atoms. The Hall–Kier alpha value is -1.79. The molecule has 1 atom stereocenters. The van der Waals surface area contributed by atoms with E-state index in [-0.39, 0.29) is 12.6 Å². The van der Waals surface area contributed by atoms with Gasteiger partial charge >= 0.3 is 0 Å². The second-order valence-electron chi connectivity index (χ2n) is 5.85. The first kappa shape index (κ1) is 17.6. The van der Waals surface area contributed by atoms with Crippen LogP contribution in [-0.4, -0.2) is 33.4 Å². The standard InChI is InChI=1S/C17H23F2N3O/c1-11-16(13(3)22(20-11)7-8-23)10-21(4)12(2)15-9-14(18)5-6-17(15)19/h5-6,9,12,23H,7-8,10H2,1-4H3. The third-order valence-electron chi connectivity index (χ3n) is 4.32. The Bertz CT molecular complexity index is 685. The summed E-state index contributed by atoms with van der Waals surface area (Å²) >= 11 is 0. The van der Waals surface area contributed by atoms with Gasteiger partial charge in [-0.1, -0.05) is 0 Å². The van der Waals surface area contributed by atoms with E-state index in [2.05, 4.69) is 5.10 Å². The molecule has 0 aliphatic heterocycles. The van der Waals surface area contributed by atoms with Gasteiger partial charge in [-0.05, 0) is 46.0 Å². The van der Waals surface area contributed by atoms with E-state index >= 15 is 0 Å². The quantitative estimate of drug-likeness (QED) is 0.888. The number of nitrogens with zero attached hydrogens (tertiary/aromatic N) is 3. The van der Waals surface area contributed by atoms with Crippen LogP contribution in [0.3, 0.4) is 0 Å². The average molecular weight is 323 g/mol. The van der Waals surface area contributed by atoms with Crippen LogP contribution in [0.4, 0.5) is 8.78 Å². The molecule has 0 spiro atoms. The van der Waals surface area contributed by atoms with Gasteiger partial charge in [0, 0.05) is 29.4 Å². The fourth-order valence-electron chi connectivity index (χ4n) is 2.73. The molecule has 23 heavy (non-hydrogen) atoms. The Balaban J connectivity index is 2.21. The maximum atomic E-state index is 13.9. The minimum absolute atomic E-state index is 0.0299. The molecule has 0 saturated heterocycles. The average Bonchev–Trinajstić information content (AvgIpc) is 2.77. The highest BCUT2D eigenvalue weighted by Crippen LogP contribution is 2.25. The normalized spacial score (nSPS) is 12.9. The van der Waals surface area contributed by atoms with Crippen molar-refractivity contribution in [1.29, 1.82) is 0 Å². The Morgan fingerprint density at radius 2 is 2.00 bits per heavy atom. The third kappa shape index (κ3) is 3.76. The van der Waals surface area contributed by atoms with E-state index in [1.807, 2.05) is 32.7 Å². The molecule has 1 unspecified atom stereocenters. The predicted octanol–water partition coefficient (Wildman–Crippen LogP) is 2.96. The molecular formula is C17H23F2N3O. The number of aromatic nitrogens is 2. The second-order valence-corrected chi connectivity index (χ2v) is 5.85. The smallest absolute Gasteiger partial charge is 0.128 e. The van der Waals surface area contributed by atoms with Gasteiger partial charge in [0.25, 0.3) is 0 Å². The number of hydrogen-bond donors (Lipinski definition) is 1. The monoisotopic (exact) mass is 323 g/mol.